The first-order chi connectivity index (χ1) is 11.2. The molecule has 2 aromatic rings. The van der Waals surface area contributed by atoms with Crippen molar-refractivity contribution < 1.29 is 4.74 Å². The quantitative estimate of drug-likeness (QED) is 0.630. The number of hydrogen-bond acceptors (Lipinski definition) is 3. The molecule has 23 heavy (non-hydrogen) atoms. The predicted molar refractivity (Wildman–Crippen MR) is 93.9 cm³/mol. The fraction of sp³-hybridized carbons (Fsp3) is 0.294. The highest BCUT2D eigenvalue weighted by atomic mass is 35.5. The van der Waals surface area contributed by atoms with Crippen LogP contribution in [0.25, 0.3) is 0 Å². The Morgan fingerprint density at radius 3 is 2.61 bits per heavy atom. The van der Waals surface area contributed by atoms with E-state index in [1.54, 1.807) is 13.2 Å². The smallest absolute Gasteiger partial charge is 0.218 e. The minimum absolute atomic E-state index is 0.587. The van der Waals surface area contributed by atoms with Crippen LogP contribution >= 0.6 is 11.6 Å². The van der Waals surface area contributed by atoms with Crippen molar-refractivity contribution in [2.24, 2.45) is 4.99 Å². The Labute approximate surface area is 141 Å². The van der Waals surface area contributed by atoms with Crippen LogP contribution in [0.5, 0.6) is 5.88 Å². The fourth-order valence-corrected chi connectivity index (χ4v) is 2.14. The molecule has 1 heterocycles. The SMILES string of the molecule is CCOc1ncccc1CNC(=NC)NCc1ccc(Cl)cc1. The first kappa shape index (κ1) is 17.1. The van der Waals surface area contributed by atoms with E-state index in [0.29, 0.717) is 31.5 Å². The third kappa shape index (κ3) is 5.45. The lowest BCUT2D eigenvalue weighted by molar-refractivity contribution is 0.322. The number of aromatic nitrogens is 1. The van der Waals surface area contributed by atoms with Crippen LogP contribution in [0.4, 0.5) is 0 Å². The molecule has 0 amide bonds. The molecule has 5 nitrogen and oxygen atoms in total. The summed E-state index contributed by atoms with van der Waals surface area (Å²) >= 11 is 5.89. The number of guanidine groups is 1. The Balaban J connectivity index is 1.89. The number of aliphatic imine (C=N–C) groups is 1. The Kier molecular flexibility index (Phi) is 6.69. The molecule has 2 rings (SSSR count). The number of halogens is 1. The lowest BCUT2D eigenvalue weighted by Crippen LogP contribution is -2.36. The van der Waals surface area contributed by atoms with Crippen molar-refractivity contribution in [3.05, 3.63) is 58.7 Å². The van der Waals surface area contributed by atoms with E-state index < -0.39 is 0 Å². The summed E-state index contributed by atoms with van der Waals surface area (Å²) in [5.41, 5.74) is 2.12. The number of hydrogen-bond donors (Lipinski definition) is 2. The lowest BCUT2D eigenvalue weighted by atomic mass is 10.2. The largest absolute Gasteiger partial charge is 0.478 e. The van der Waals surface area contributed by atoms with Gasteiger partial charge in [-0.3, -0.25) is 4.99 Å². The molecule has 0 fully saturated rings. The second kappa shape index (κ2) is 9.00. The van der Waals surface area contributed by atoms with Crippen molar-refractivity contribution in [3.63, 3.8) is 0 Å². The monoisotopic (exact) mass is 332 g/mol. The van der Waals surface area contributed by atoms with Crippen LogP contribution < -0.4 is 15.4 Å². The van der Waals surface area contributed by atoms with Gasteiger partial charge in [-0.1, -0.05) is 29.8 Å². The molecule has 0 aliphatic heterocycles. The molecular weight excluding hydrogens is 312 g/mol. The number of pyridine rings is 1. The van der Waals surface area contributed by atoms with Crippen LogP contribution in [0.15, 0.2) is 47.6 Å². The molecule has 122 valence electrons. The second-order valence-electron chi connectivity index (χ2n) is 4.81. The Morgan fingerprint density at radius 2 is 1.91 bits per heavy atom. The molecule has 0 unspecified atom stereocenters. The summed E-state index contributed by atoms with van der Waals surface area (Å²) in [6, 6.07) is 11.6. The zero-order valence-corrected chi connectivity index (χ0v) is 14.1. The summed E-state index contributed by atoms with van der Waals surface area (Å²) in [5, 5.41) is 7.25. The number of nitrogens with zero attached hydrogens (tertiary/aromatic N) is 2. The molecule has 0 aliphatic rings. The number of benzene rings is 1. The van der Waals surface area contributed by atoms with E-state index in [9.17, 15) is 0 Å². The Hall–Kier alpha value is -2.27. The highest BCUT2D eigenvalue weighted by Gasteiger charge is 2.05. The van der Waals surface area contributed by atoms with Crippen LogP contribution in [-0.2, 0) is 13.1 Å². The van der Waals surface area contributed by atoms with Crippen LogP contribution in [-0.4, -0.2) is 24.6 Å². The third-order valence-corrected chi connectivity index (χ3v) is 3.43. The van der Waals surface area contributed by atoms with Crippen LogP contribution in [0.2, 0.25) is 5.02 Å². The van der Waals surface area contributed by atoms with Crippen LogP contribution in [0, 0.1) is 0 Å². The number of rotatable bonds is 6. The molecule has 1 aromatic heterocycles. The Morgan fingerprint density at radius 1 is 1.17 bits per heavy atom. The van der Waals surface area contributed by atoms with E-state index in [1.165, 1.54) is 0 Å². The highest BCUT2D eigenvalue weighted by Crippen LogP contribution is 2.13. The lowest BCUT2D eigenvalue weighted by Gasteiger charge is -2.13. The fourth-order valence-electron chi connectivity index (χ4n) is 2.01. The van der Waals surface area contributed by atoms with Crippen molar-refractivity contribution in [1.82, 2.24) is 15.6 Å². The van der Waals surface area contributed by atoms with Gasteiger partial charge >= 0.3 is 0 Å². The highest BCUT2D eigenvalue weighted by molar-refractivity contribution is 6.30. The van der Waals surface area contributed by atoms with Crippen molar-refractivity contribution in [2.45, 2.75) is 20.0 Å². The van der Waals surface area contributed by atoms with E-state index in [-0.39, 0.29) is 0 Å². The Bertz CT molecular complexity index is 643. The van der Waals surface area contributed by atoms with Gasteiger partial charge in [0.15, 0.2) is 5.96 Å². The van der Waals surface area contributed by atoms with E-state index in [0.717, 1.165) is 16.1 Å². The van der Waals surface area contributed by atoms with Gasteiger partial charge in [0.1, 0.15) is 0 Å². The zero-order valence-electron chi connectivity index (χ0n) is 13.3. The molecule has 0 aliphatic carbocycles. The topological polar surface area (TPSA) is 58.5 Å². The molecule has 0 saturated carbocycles. The average molecular weight is 333 g/mol. The van der Waals surface area contributed by atoms with E-state index in [2.05, 4.69) is 20.6 Å². The van der Waals surface area contributed by atoms with E-state index in [4.69, 9.17) is 16.3 Å². The molecule has 0 atom stereocenters. The van der Waals surface area contributed by atoms with Crippen molar-refractivity contribution in [2.75, 3.05) is 13.7 Å². The molecule has 0 bridgehead atoms. The van der Waals surface area contributed by atoms with Gasteiger partial charge in [-0.15, -0.1) is 0 Å². The molecule has 0 radical (unpaired) electrons. The van der Waals surface area contributed by atoms with Gasteiger partial charge in [-0.2, -0.15) is 0 Å². The average Bonchev–Trinajstić information content (AvgIpc) is 2.58. The maximum atomic E-state index is 5.89. The van der Waals surface area contributed by atoms with Gasteiger partial charge in [-0.25, -0.2) is 4.98 Å². The van der Waals surface area contributed by atoms with Gasteiger partial charge in [0.2, 0.25) is 5.88 Å². The summed E-state index contributed by atoms with van der Waals surface area (Å²) in [5.74, 6) is 1.36. The summed E-state index contributed by atoms with van der Waals surface area (Å²) < 4.78 is 5.52. The predicted octanol–water partition coefficient (Wildman–Crippen LogP) is 3.00. The minimum atomic E-state index is 0.587. The summed E-state index contributed by atoms with van der Waals surface area (Å²) in [7, 11) is 1.74. The molecule has 2 N–H and O–H groups in total. The van der Waals surface area contributed by atoms with Crippen molar-refractivity contribution >= 4 is 17.6 Å². The van der Waals surface area contributed by atoms with Crippen molar-refractivity contribution in [3.8, 4) is 5.88 Å². The van der Waals surface area contributed by atoms with E-state index >= 15 is 0 Å². The molecular formula is C17H21ClN4O. The maximum absolute atomic E-state index is 5.89. The van der Waals surface area contributed by atoms with Gasteiger partial charge < -0.3 is 15.4 Å². The van der Waals surface area contributed by atoms with Gasteiger partial charge in [0.05, 0.1) is 6.61 Å². The van der Waals surface area contributed by atoms with Gasteiger partial charge in [0.25, 0.3) is 0 Å². The molecule has 6 heteroatoms. The normalized spacial score (nSPS) is 11.2. The summed E-state index contributed by atoms with van der Waals surface area (Å²) in [6.07, 6.45) is 1.72. The maximum Gasteiger partial charge on any atom is 0.218 e. The van der Waals surface area contributed by atoms with Gasteiger partial charge in [0, 0.05) is 36.9 Å². The number of nitrogens with one attached hydrogen (secondary N) is 2. The van der Waals surface area contributed by atoms with Gasteiger partial charge in [-0.05, 0) is 30.7 Å². The molecule has 0 spiro atoms. The zero-order chi connectivity index (χ0) is 16.5. The second-order valence-corrected chi connectivity index (χ2v) is 5.24. The van der Waals surface area contributed by atoms with Crippen molar-refractivity contribution in [1.29, 1.82) is 0 Å². The first-order valence-electron chi connectivity index (χ1n) is 7.48. The molecule has 1 aromatic carbocycles. The van der Waals surface area contributed by atoms with Crippen LogP contribution in [0.1, 0.15) is 18.1 Å². The third-order valence-electron chi connectivity index (χ3n) is 3.17. The standard InChI is InChI=1S/C17H21ClN4O/c1-3-23-16-14(5-4-10-20-16)12-22-17(19-2)21-11-13-6-8-15(18)9-7-13/h4-10H,3,11-12H2,1-2H3,(H2,19,21,22). The minimum Gasteiger partial charge on any atom is -0.478 e. The first-order valence-corrected chi connectivity index (χ1v) is 7.86. The van der Waals surface area contributed by atoms with Crippen LogP contribution in [0.3, 0.4) is 0 Å². The van der Waals surface area contributed by atoms with E-state index in [1.807, 2.05) is 43.3 Å². The molecule has 0 saturated heterocycles. The summed E-state index contributed by atoms with van der Waals surface area (Å²) in [4.78, 5) is 8.46. The summed E-state index contributed by atoms with van der Waals surface area (Å²) in [6.45, 7) is 3.79. The number of ether oxygens (including phenoxy) is 1.